The summed E-state index contributed by atoms with van der Waals surface area (Å²) in [5.41, 5.74) is -1.96. The summed E-state index contributed by atoms with van der Waals surface area (Å²) >= 11 is 0. The van der Waals surface area contributed by atoms with Gasteiger partial charge >= 0.3 is 12.4 Å². The zero-order valence-corrected chi connectivity index (χ0v) is 10.8. The van der Waals surface area contributed by atoms with Crippen molar-refractivity contribution in [2.45, 2.75) is 19.0 Å². The molecule has 1 heterocycles. The number of hydrogen-bond donors (Lipinski definition) is 1. The maximum atomic E-state index is 12.7. The third-order valence-electron chi connectivity index (χ3n) is 2.97. The molecule has 2 nitrogen and oxygen atoms in total. The van der Waals surface area contributed by atoms with Crippen molar-refractivity contribution >= 4 is 0 Å². The minimum absolute atomic E-state index is 0.0484. The van der Waals surface area contributed by atoms with Crippen molar-refractivity contribution in [3.8, 4) is 11.1 Å². The van der Waals surface area contributed by atoms with E-state index in [2.05, 4.69) is 4.98 Å². The number of aliphatic hydroxyl groups excluding tert-OH is 1. The quantitative estimate of drug-likeness (QED) is 0.838. The molecular weight excluding hydrogens is 312 g/mol. The number of nitrogens with zero attached hydrogens (tertiary/aromatic N) is 1. The minimum atomic E-state index is -4.64. The van der Waals surface area contributed by atoms with E-state index >= 15 is 0 Å². The summed E-state index contributed by atoms with van der Waals surface area (Å²) in [5.74, 6) is 0. The lowest BCUT2D eigenvalue weighted by molar-refractivity contribution is -0.138. The lowest BCUT2D eigenvalue weighted by Crippen LogP contribution is -2.08. The van der Waals surface area contributed by atoms with Crippen molar-refractivity contribution in [3.63, 3.8) is 0 Å². The predicted octanol–water partition coefficient (Wildman–Crippen LogP) is 4.28. The number of rotatable bonds is 2. The zero-order chi connectivity index (χ0) is 16.5. The third kappa shape index (κ3) is 3.38. The Morgan fingerprint density at radius 2 is 1.41 bits per heavy atom. The van der Waals surface area contributed by atoms with Crippen molar-refractivity contribution < 1.29 is 31.4 Å². The van der Waals surface area contributed by atoms with Gasteiger partial charge in [-0.05, 0) is 23.8 Å². The largest absolute Gasteiger partial charge is 0.417 e. The Kier molecular flexibility index (Phi) is 4.15. The molecule has 0 bridgehead atoms. The molecule has 0 aliphatic carbocycles. The second-order valence-electron chi connectivity index (χ2n) is 4.45. The van der Waals surface area contributed by atoms with Gasteiger partial charge in [-0.1, -0.05) is 12.1 Å². The summed E-state index contributed by atoms with van der Waals surface area (Å²) in [6, 6.07) is 4.35. The Hall–Kier alpha value is -2.09. The number of pyridine rings is 1. The summed E-state index contributed by atoms with van der Waals surface area (Å²) in [6.45, 7) is -0.630. The van der Waals surface area contributed by atoms with Crippen LogP contribution in [0.4, 0.5) is 26.3 Å². The van der Waals surface area contributed by atoms with Crippen LogP contribution in [0.5, 0.6) is 0 Å². The van der Waals surface area contributed by atoms with Crippen LogP contribution in [0.3, 0.4) is 0 Å². The van der Waals surface area contributed by atoms with Crippen LogP contribution >= 0.6 is 0 Å². The second-order valence-corrected chi connectivity index (χ2v) is 4.45. The van der Waals surface area contributed by atoms with Gasteiger partial charge in [0.15, 0.2) is 0 Å². The van der Waals surface area contributed by atoms with Crippen LogP contribution in [0.15, 0.2) is 36.5 Å². The first-order chi connectivity index (χ1) is 10.1. The van der Waals surface area contributed by atoms with Crippen LogP contribution in [0, 0.1) is 0 Å². The topological polar surface area (TPSA) is 33.1 Å². The molecule has 1 aromatic carbocycles. The van der Waals surface area contributed by atoms with Crippen LogP contribution in [0.1, 0.15) is 16.8 Å². The average molecular weight is 321 g/mol. The van der Waals surface area contributed by atoms with Gasteiger partial charge in [0.2, 0.25) is 0 Å². The molecule has 0 unspecified atom stereocenters. The lowest BCUT2D eigenvalue weighted by Gasteiger charge is -2.13. The number of hydrogen-bond acceptors (Lipinski definition) is 2. The van der Waals surface area contributed by atoms with E-state index in [1.54, 1.807) is 0 Å². The fourth-order valence-corrected chi connectivity index (χ4v) is 1.86. The Morgan fingerprint density at radius 3 is 1.86 bits per heavy atom. The normalized spacial score (nSPS) is 12.5. The third-order valence-corrected chi connectivity index (χ3v) is 2.97. The molecule has 2 aromatic rings. The highest BCUT2D eigenvalue weighted by Gasteiger charge is 2.32. The molecule has 0 saturated carbocycles. The van der Waals surface area contributed by atoms with Crippen LogP contribution in [-0.4, -0.2) is 10.1 Å². The van der Waals surface area contributed by atoms with E-state index in [9.17, 15) is 26.3 Å². The van der Waals surface area contributed by atoms with E-state index in [4.69, 9.17) is 5.11 Å². The predicted molar refractivity (Wildman–Crippen MR) is 65.6 cm³/mol. The Balaban J connectivity index is 2.51. The first-order valence-corrected chi connectivity index (χ1v) is 5.97. The van der Waals surface area contributed by atoms with Crippen LogP contribution in [-0.2, 0) is 19.0 Å². The lowest BCUT2D eigenvalue weighted by atomic mass is 10.0. The van der Waals surface area contributed by atoms with E-state index in [-0.39, 0.29) is 16.8 Å². The van der Waals surface area contributed by atoms with Gasteiger partial charge in [0, 0.05) is 11.8 Å². The summed E-state index contributed by atoms with van der Waals surface area (Å²) in [6.07, 6.45) is -8.61. The first kappa shape index (κ1) is 16.3. The molecule has 118 valence electrons. The second kappa shape index (κ2) is 5.60. The Morgan fingerprint density at radius 1 is 0.864 bits per heavy atom. The van der Waals surface area contributed by atoms with Crippen molar-refractivity contribution in [2.24, 2.45) is 0 Å². The molecule has 0 saturated heterocycles. The average Bonchev–Trinajstić information content (AvgIpc) is 2.45. The molecule has 0 atom stereocenters. The molecule has 0 amide bonds. The van der Waals surface area contributed by atoms with E-state index in [0.29, 0.717) is 6.20 Å². The fraction of sp³-hybridized carbons (Fsp3) is 0.214. The number of aromatic nitrogens is 1. The molecule has 2 rings (SSSR count). The van der Waals surface area contributed by atoms with Crippen molar-refractivity contribution in [1.82, 2.24) is 4.98 Å². The first-order valence-electron chi connectivity index (χ1n) is 5.97. The van der Waals surface area contributed by atoms with E-state index in [0.717, 1.165) is 30.3 Å². The number of alkyl halides is 6. The fourth-order valence-electron chi connectivity index (χ4n) is 1.86. The summed E-state index contributed by atoms with van der Waals surface area (Å²) in [4.78, 5) is 3.52. The Labute approximate surface area is 121 Å². The van der Waals surface area contributed by atoms with Gasteiger partial charge in [0.25, 0.3) is 0 Å². The molecule has 1 N–H and O–H groups in total. The molecule has 8 heteroatoms. The maximum absolute atomic E-state index is 12.7. The van der Waals surface area contributed by atoms with E-state index in [1.807, 2.05) is 0 Å². The molecule has 0 fully saturated rings. The number of benzene rings is 1. The zero-order valence-electron chi connectivity index (χ0n) is 10.8. The highest BCUT2D eigenvalue weighted by molar-refractivity contribution is 5.67. The van der Waals surface area contributed by atoms with Crippen molar-refractivity contribution in [3.05, 3.63) is 53.3 Å². The van der Waals surface area contributed by atoms with Gasteiger partial charge in [0.1, 0.15) is 0 Å². The summed E-state index contributed by atoms with van der Waals surface area (Å²) < 4.78 is 75.5. The summed E-state index contributed by atoms with van der Waals surface area (Å²) in [5, 5.41) is 9.13. The van der Waals surface area contributed by atoms with E-state index < -0.39 is 30.1 Å². The molecule has 0 aliphatic rings. The van der Waals surface area contributed by atoms with Crippen LogP contribution < -0.4 is 0 Å². The maximum Gasteiger partial charge on any atom is 0.417 e. The number of halogens is 6. The number of aliphatic hydroxyl groups is 1. The standard InChI is InChI=1S/C14H9F6NO/c15-13(16,17)9-3-1-8(2-4-9)11-5-10(14(18,19)20)6-21-12(11)7-22/h1-6,22H,7H2. The molecular formula is C14H9F6NO. The minimum Gasteiger partial charge on any atom is -0.390 e. The summed E-state index contributed by atoms with van der Waals surface area (Å²) in [7, 11) is 0. The molecule has 1 aromatic heterocycles. The van der Waals surface area contributed by atoms with Gasteiger partial charge in [-0.25, -0.2) is 0 Å². The smallest absolute Gasteiger partial charge is 0.390 e. The Bertz CT molecular complexity index is 661. The monoisotopic (exact) mass is 321 g/mol. The van der Waals surface area contributed by atoms with Crippen LogP contribution in [0.25, 0.3) is 11.1 Å². The van der Waals surface area contributed by atoms with Crippen molar-refractivity contribution in [2.75, 3.05) is 0 Å². The van der Waals surface area contributed by atoms with Crippen molar-refractivity contribution in [1.29, 1.82) is 0 Å². The SMILES string of the molecule is OCc1ncc(C(F)(F)F)cc1-c1ccc(C(F)(F)F)cc1. The highest BCUT2D eigenvalue weighted by Crippen LogP contribution is 2.35. The molecule has 0 aliphatic heterocycles. The van der Waals surface area contributed by atoms with Gasteiger partial charge < -0.3 is 5.11 Å². The molecule has 22 heavy (non-hydrogen) atoms. The van der Waals surface area contributed by atoms with E-state index in [1.165, 1.54) is 0 Å². The van der Waals surface area contributed by atoms with Gasteiger partial charge in [-0.2, -0.15) is 26.3 Å². The van der Waals surface area contributed by atoms with Crippen LogP contribution in [0.2, 0.25) is 0 Å². The molecule has 0 spiro atoms. The van der Waals surface area contributed by atoms with Gasteiger partial charge in [0.05, 0.1) is 23.4 Å². The van der Waals surface area contributed by atoms with Gasteiger partial charge in [-0.15, -0.1) is 0 Å². The highest BCUT2D eigenvalue weighted by atomic mass is 19.4. The molecule has 0 radical (unpaired) electrons. The van der Waals surface area contributed by atoms with Gasteiger partial charge in [-0.3, -0.25) is 4.98 Å².